The van der Waals surface area contributed by atoms with E-state index in [1.807, 2.05) is 24.3 Å². The van der Waals surface area contributed by atoms with Crippen LogP contribution < -0.4 is 9.80 Å². The molecule has 38 heavy (non-hydrogen) atoms. The highest BCUT2D eigenvalue weighted by Gasteiger charge is 2.30. The molecule has 2 aliphatic heterocycles. The maximum Gasteiger partial charge on any atom is 0.177 e. The van der Waals surface area contributed by atoms with Crippen LogP contribution in [0.1, 0.15) is 42.4 Å². The van der Waals surface area contributed by atoms with E-state index >= 15 is 0 Å². The van der Waals surface area contributed by atoms with Crippen LogP contribution in [0.5, 0.6) is 11.5 Å². The first-order valence-electron chi connectivity index (χ1n) is 13.4. The van der Waals surface area contributed by atoms with E-state index in [0.717, 1.165) is 42.9 Å². The summed E-state index contributed by atoms with van der Waals surface area (Å²) in [6, 6.07) is 24.3. The van der Waals surface area contributed by atoms with Gasteiger partial charge in [0.2, 0.25) is 0 Å². The van der Waals surface area contributed by atoms with Crippen molar-refractivity contribution >= 4 is 22.1 Å². The second-order valence-electron chi connectivity index (χ2n) is 10.3. The topological polar surface area (TPSA) is 67.2 Å². The van der Waals surface area contributed by atoms with E-state index in [2.05, 4.69) is 45.9 Å². The molecule has 0 atom stereocenters. The normalized spacial score (nSPS) is 15.6. The van der Waals surface area contributed by atoms with Gasteiger partial charge < -0.3 is 25.1 Å². The van der Waals surface area contributed by atoms with Crippen molar-refractivity contribution in [2.24, 2.45) is 0 Å². The van der Waals surface area contributed by atoms with Crippen molar-refractivity contribution in [3.05, 3.63) is 95.6 Å². The van der Waals surface area contributed by atoms with Gasteiger partial charge in [-0.3, -0.25) is 0 Å². The van der Waals surface area contributed by atoms with Gasteiger partial charge in [0.15, 0.2) is 5.60 Å². The fraction of sp³-hybridized carbons (Fsp3) is 0.273. The molecule has 2 saturated heterocycles. The number of rotatable bonds is 4. The maximum atomic E-state index is 12.2. The summed E-state index contributed by atoms with van der Waals surface area (Å²) in [5, 5.41) is 33.9. The highest BCUT2D eigenvalue weighted by Crippen LogP contribution is 2.34. The van der Waals surface area contributed by atoms with Gasteiger partial charge >= 0.3 is 0 Å². The molecule has 0 radical (unpaired) electrons. The molecule has 0 aliphatic carbocycles. The average Bonchev–Trinajstić information content (AvgIpc) is 3.67. The Morgan fingerprint density at radius 3 is 1.63 bits per heavy atom. The second-order valence-corrected chi connectivity index (χ2v) is 10.3. The van der Waals surface area contributed by atoms with Crippen molar-refractivity contribution in [2.45, 2.75) is 31.3 Å². The summed E-state index contributed by atoms with van der Waals surface area (Å²) in [6.07, 6.45) is 4.82. The van der Waals surface area contributed by atoms with Gasteiger partial charge in [-0.2, -0.15) is 0 Å². The third-order valence-corrected chi connectivity index (χ3v) is 7.81. The van der Waals surface area contributed by atoms with Crippen molar-refractivity contribution < 1.29 is 15.3 Å². The molecular weight excluding hydrogens is 472 g/mol. The molecule has 5 nitrogen and oxygen atoms in total. The number of aromatic hydroxyl groups is 2. The van der Waals surface area contributed by atoms with Gasteiger partial charge in [-0.25, -0.2) is 0 Å². The molecule has 2 fully saturated rings. The largest absolute Gasteiger partial charge is 0.508 e. The van der Waals surface area contributed by atoms with Gasteiger partial charge in [0, 0.05) is 54.2 Å². The van der Waals surface area contributed by atoms with Crippen LogP contribution in [0, 0.1) is 11.8 Å². The van der Waals surface area contributed by atoms with E-state index in [9.17, 15) is 15.3 Å². The molecule has 0 bridgehead atoms. The van der Waals surface area contributed by atoms with Crippen LogP contribution >= 0.6 is 0 Å². The van der Waals surface area contributed by atoms with Crippen LogP contribution in [-0.4, -0.2) is 41.5 Å². The molecular formula is C33H32N2O3. The summed E-state index contributed by atoms with van der Waals surface area (Å²) in [7, 11) is 0. The highest BCUT2D eigenvalue weighted by molar-refractivity contribution is 5.90. The molecule has 0 aromatic heterocycles. The summed E-state index contributed by atoms with van der Waals surface area (Å²) in [6.45, 7) is 4.23. The lowest BCUT2D eigenvalue weighted by Gasteiger charge is -2.26. The van der Waals surface area contributed by atoms with Crippen molar-refractivity contribution in [1.82, 2.24) is 0 Å². The Kier molecular flexibility index (Phi) is 6.35. The van der Waals surface area contributed by atoms with Crippen LogP contribution in [0.2, 0.25) is 0 Å². The van der Waals surface area contributed by atoms with Crippen molar-refractivity contribution in [2.75, 3.05) is 36.0 Å². The van der Waals surface area contributed by atoms with Gasteiger partial charge in [-0.1, -0.05) is 36.1 Å². The first-order chi connectivity index (χ1) is 18.5. The summed E-state index contributed by atoms with van der Waals surface area (Å²) < 4.78 is 0. The molecule has 0 spiro atoms. The lowest BCUT2D eigenvalue weighted by Crippen LogP contribution is -2.26. The number of anilines is 2. The van der Waals surface area contributed by atoms with Crippen LogP contribution in [0.15, 0.2) is 78.9 Å². The maximum absolute atomic E-state index is 12.2. The predicted octanol–water partition coefficient (Wildman–Crippen LogP) is 5.74. The van der Waals surface area contributed by atoms with Crippen LogP contribution in [0.25, 0.3) is 10.8 Å². The molecule has 2 heterocycles. The van der Waals surface area contributed by atoms with Crippen molar-refractivity contribution in [3.63, 3.8) is 0 Å². The minimum Gasteiger partial charge on any atom is -0.508 e. The lowest BCUT2D eigenvalue weighted by molar-refractivity contribution is 0.145. The van der Waals surface area contributed by atoms with Gasteiger partial charge in [-0.15, -0.1) is 0 Å². The Morgan fingerprint density at radius 2 is 1.11 bits per heavy atom. The average molecular weight is 505 g/mol. The number of nitrogens with zero attached hydrogens (tertiary/aromatic N) is 2. The molecule has 4 aromatic rings. The van der Waals surface area contributed by atoms with Crippen LogP contribution in [0.3, 0.4) is 0 Å². The van der Waals surface area contributed by atoms with Gasteiger partial charge in [0.1, 0.15) is 11.5 Å². The zero-order valence-corrected chi connectivity index (χ0v) is 21.4. The Hall–Kier alpha value is -4.14. The van der Waals surface area contributed by atoms with Crippen LogP contribution in [-0.2, 0) is 5.60 Å². The smallest absolute Gasteiger partial charge is 0.177 e. The standard InChI is InChI=1S/C33H32N2O3/c36-30-13-14-32-24(21-31(37)23-25(32)22-30)15-16-33(38,26-5-9-28(10-6-26)34-17-1-2-18-34)27-7-11-29(12-8-27)35-19-3-4-20-35/h5-14,21-23,36-38H,1-4,17-20H2. The van der Waals surface area contributed by atoms with Gasteiger partial charge in [-0.05, 0) is 91.1 Å². The molecule has 5 heteroatoms. The van der Waals surface area contributed by atoms with E-state index in [-0.39, 0.29) is 11.5 Å². The molecule has 192 valence electrons. The van der Waals surface area contributed by atoms with E-state index < -0.39 is 5.60 Å². The minimum atomic E-state index is -1.55. The quantitative estimate of drug-likeness (QED) is 0.309. The van der Waals surface area contributed by atoms with Gasteiger partial charge in [0.25, 0.3) is 0 Å². The number of hydrogen-bond acceptors (Lipinski definition) is 5. The summed E-state index contributed by atoms with van der Waals surface area (Å²) >= 11 is 0. The monoisotopic (exact) mass is 504 g/mol. The lowest BCUT2D eigenvalue weighted by atomic mass is 9.86. The number of phenolic OH excluding ortho intramolecular Hbond substituents is 2. The van der Waals surface area contributed by atoms with E-state index in [0.29, 0.717) is 22.1 Å². The second kappa shape index (κ2) is 9.96. The number of benzene rings is 4. The first kappa shape index (κ1) is 24.2. The van der Waals surface area contributed by atoms with E-state index in [4.69, 9.17) is 0 Å². The molecule has 0 saturated carbocycles. The number of aliphatic hydroxyl groups is 1. The van der Waals surface area contributed by atoms with Gasteiger partial charge in [0.05, 0.1) is 0 Å². The van der Waals surface area contributed by atoms with E-state index in [1.54, 1.807) is 30.3 Å². The first-order valence-corrected chi connectivity index (χ1v) is 13.4. The highest BCUT2D eigenvalue weighted by atomic mass is 16.3. The third-order valence-electron chi connectivity index (χ3n) is 7.81. The minimum absolute atomic E-state index is 0.0564. The Morgan fingerprint density at radius 1 is 0.605 bits per heavy atom. The zero-order valence-electron chi connectivity index (χ0n) is 21.4. The molecule has 0 amide bonds. The van der Waals surface area contributed by atoms with Crippen molar-refractivity contribution in [1.29, 1.82) is 0 Å². The number of hydrogen-bond donors (Lipinski definition) is 3. The van der Waals surface area contributed by atoms with E-state index in [1.165, 1.54) is 25.7 Å². The Bertz CT molecular complexity index is 1440. The SMILES string of the molecule is Oc1ccc2c(C#CC(O)(c3ccc(N4CCCC4)cc3)c3ccc(N4CCCC4)cc3)cc(O)cc2c1. The summed E-state index contributed by atoms with van der Waals surface area (Å²) in [5.41, 5.74) is 2.74. The zero-order chi connectivity index (χ0) is 26.1. The van der Waals surface area contributed by atoms with Crippen LogP contribution in [0.4, 0.5) is 11.4 Å². The van der Waals surface area contributed by atoms with Crippen molar-refractivity contribution in [3.8, 4) is 23.3 Å². The summed E-state index contributed by atoms with van der Waals surface area (Å²) in [5.74, 6) is 6.50. The molecule has 2 aliphatic rings. The predicted molar refractivity (Wildman–Crippen MR) is 153 cm³/mol. The molecule has 3 N–H and O–H groups in total. The fourth-order valence-corrected chi connectivity index (χ4v) is 5.69. The molecule has 0 unspecified atom stereocenters. The fourth-order valence-electron chi connectivity index (χ4n) is 5.69. The Labute approximate surface area is 223 Å². The molecule has 6 rings (SSSR count). The summed E-state index contributed by atoms with van der Waals surface area (Å²) in [4.78, 5) is 4.74. The Balaban J connectivity index is 1.43. The molecule has 4 aromatic carbocycles. The number of fused-ring (bicyclic) bond motifs is 1. The number of phenols is 2. The third kappa shape index (κ3) is 4.64.